The van der Waals surface area contributed by atoms with Crippen molar-refractivity contribution >= 4 is 15.9 Å². The Kier molecular flexibility index (Phi) is 7.61. The molecule has 1 amide bonds. The average Bonchev–Trinajstić information content (AvgIpc) is 2.62. The molecule has 0 saturated carbocycles. The monoisotopic (exact) mass is 381 g/mol. The first-order valence-electron chi connectivity index (χ1n) is 9.47. The van der Waals surface area contributed by atoms with Crippen molar-refractivity contribution in [1.29, 1.82) is 0 Å². The summed E-state index contributed by atoms with van der Waals surface area (Å²) < 4.78 is 27.1. The number of carbonyl (C=O) groups excluding carboxylic acids is 1. The van der Waals surface area contributed by atoms with Crippen LogP contribution >= 0.6 is 0 Å². The second-order valence-corrected chi connectivity index (χ2v) is 8.89. The lowest BCUT2D eigenvalue weighted by atomic mass is 10.1. The number of sulfonamides is 1. The van der Waals surface area contributed by atoms with Crippen LogP contribution in [-0.4, -0.2) is 62.3 Å². The Bertz CT molecular complexity index is 680. The molecule has 0 spiro atoms. The van der Waals surface area contributed by atoms with Crippen molar-refractivity contribution in [3.05, 3.63) is 29.8 Å². The lowest BCUT2D eigenvalue weighted by molar-refractivity contribution is -0.123. The molecule has 7 heteroatoms. The van der Waals surface area contributed by atoms with Crippen LogP contribution in [0.25, 0.3) is 0 Å². The first-order chi connectivity index (χ1) is 12.4. The summed E-state index contributed by atoms with van der Waals surface area (Å²) in [5.74, 6) is 0.00201. The number of aryl methyl sites for hydroxylation is 1. The molecule has 0 aliphatic carbocycles. The molecule has 1 N–H and O–H groups in total. The van der Waals surface area contributed by atoms with Gasteiger partial charge in [-0.3, -0.25) is 9.69 Å². The number of amides is 1. The fourth-order valence-corrected chi connectivity index (χ4v) is 4.44. The molecule has 1 aromatic rings. The van der Waals surface area contributed by atoms with Crippen molar-refractivity contribution in [2.24, 2.45) is 0 Å². The van der Waals surface area contributed by atoms with E-state index in [9.17, 15) is 13.2 Å². The minimum Gasteiger partial charge on any atom is -0.353 e. The van der Waals surface area contributed by atoms with Crippen molar-refractivity contribution in [2.45, 2.75) is 51.0 Å². The maximum Gasteiger partial charge on any atom is 0.243 e. The zero-order chi connectivity index (χ0) is 19.2. The lowest BCUT2D eigenvalue weighted by Crippen LogP contribution is -2.51. The Morgan fingerprint density at radius 2 is 1.73 bits per heavy atom. The number of benzene rings is 1. The van der Waals surface area contributed by atoms with E-state index in [2.05, 4.69) is 12.2 Å². The number of piperazine rings is 1. The van der Waals surface area contributed by atoms with E-state index in [1.807, 2.05) is 30.9 Å². The quantitative estimate of drug-likeness (QED) is 0.746. The van der Waals surface area contributed by atoms with Gasteiger partial charge in [0.25, 0.3) is 0 Å². The van der Waals surface area contributed by atoms with Gasteiger partial charge in [0.2, 0.25) is 15.9 Å². The molecule has 1 aliphatic rings. The van der Waals surface area contributed by atoms with Gasteiger partial charge >= 0.3 is 0 Å². The fourth-order valence-electron chi connectivity index (χ4n) is 3.02. The molecule has 0 aromatic heterocycles. The van der Waals surface area contributed by atoms with Crippen LogP contribution in [0.1, 0.15) is 39.2 Å². The van der Waals surface area contributed by atoms with Gasteiger partial charge in [0.05, 0.1) is 11.4 Å². The van der Waals surface area contributed by atoms with Crippen molar-refractivity contribution in [3.63, 3.8) is 0 Å². The molecule has 1 aromatic carbocycles. The third-order valence-electron chi connectivity index (χ3n) is 4.82. The highest BCUT2D eigenvalue weighted by atomic mass is 32.2. The Labute approximate surface area is 157 Å². The van der Waals surface area contributed by atoms with Crippen molar-refractivity contribution in [3.8, 4) is 0 Å². The maximum absolute atomic E-state index is 12.8. The normalized spacial score (nSPS) is 17.8. The van der Waals surface area contributed by atoms with E-state index >= 15 is 0 Å². The fraction of sp³-hybridized carbons (Fsp3) is 0.632. The molecule has 1 fully saturated rings. The first kappa shape index (κ1) is 20.9. The third-order valence-corrected chi connectivity index (χ3v) is 6.73. The molecular weight excluding hydrogens is 350 g/mol. The van der Waals surface area contributed by atoms with Gasteiger partial charge in [0.1, 0.15) is 0 Å². The summed E-state index contributed by atoms with van der Waals surface area (Å²) in [5.41, 5.74) is 1.16. The van der Waals surface area contributed by atoms with Gasteiger partial charge in [0, 0.05) is 32.2 Å². The van der Waals surface area contributed by atoms with Gasteiger partial charge in [0.15, 0.2) is 0 Å². The second kappa shape index (κ2) is 9.48. The highest BCUT2D eigenvalue weighted by molar-refractivity contribution is 7.89. The Hall–Kier alpha value is -1.44. The van der Waals surface area contributed by atoms with Gasteiger partial charge in [-0.25, -0.2) is 8.42 Å². The molecule has 1 saturated heterocycles. The number of nitrogens with one attached hydrogen (secondary N) is 1. The van der Waals surface area contributed by atoms with Crippen LogP contribution in [0.4, 0.5) is 0 Å². The summed E-state index contributed by atoms with van der Waals surface area (Å²) in [7, 11) is -3.46. The van der Waals surface area contributed by atoms with E-state index in [1.165, 1.54) is 4.31 Å². The van der Waals surface area contributed by atoms with Gasteiger partial charge in [-0.05, 0) is 37.5 Å². The topological polar surface area (TPSA) is 69.7 Å². The number of hydrogen-bond acceptors (Lipinski definition) is 4. The van der Waals surface area contributed by atoms with E-state index < -0.39 is 10.0 Å². The number of hydrogen-bond donors (Lipinski definition) is 1. The largest absolute Gasteiger partial charge is 0.353 e. The third kappa shape index (κ3) is 5.53. The van der Waals surface area contributed by atoms with Crippen LogP contribution in [-0.2, 0) is 21.2 Å². The molecule has 2 rings (SSSR count). The molecule has 26 heavy (non-hydrogen) atoms. The average molecular weight is 382 g/mol. The van der Waals surface area contributed by atoms with Crippen LogP contribution in [0.5, 0.6) is 0 Å². The standard InChI is InChI=1S/C19H31N3O3S/c1-4-6-17-7-9-18(10-8-17)26(24,25)22-13-11-21(12-14-22)15-19(23)20-16(3)5-2/h7-10,16H,4-6,11-15H2,1-3H3,(H,20,23). The number of nitrogens with zero attached hydrogens (tertiary/aromatic N) is 2. The maximum atomic E-state index is 12.8. The van der Waals surface area contributed by atoms with Gasteiger partial charge in [-0.15, -0.1) is 0 Å². The SMILES string of the molecule is CCCc1ccc(S(=O)(=O)N2CCN(CC(=O)NC(C)CC)CC2)cc1. The molecule has 0 bridgehead atoms. The predicted octanol–water partition coefficient (Wildman–Crippen LogP) is 1.86. The summed E-state index contributed by atoms with van der Waals surface area (Å²) in [6.45, 7) is 8.41. The van der Waals surface area contributed by atoms with E-state index in [-0.39, 0.29) is 11.9 Å². The van der Waals surface area contributed by atoms with E-state index in [1.54, 1.807) is 12.1 Å². The van der Waals surface area contributed by atoms with Gasteiger partial charge in [-0.1, -0.05) is 32.4 Å². The minimum absolute atomic E-state index is 0.00201. The Balaban J connectivity index is 1.90. The lowest BCUT2D eigenvalue weighted by Gasteiger charge is -2.33. The summed E-state index contributed by atoms with van der Waals surface area (Å²) in [5, 5.41) is 2.95. The van der Waals surface area contributed by atoms with Crippen molar-refractivity contribution in [1.82, 2.24) is 14.5 Å². The first-order valence-corrected chi connectivity index (χ1v) is 10.9. The highest BCUT2D eigenvalue weighted by Crippen LogP contribution is 2.18. The van der Waals surface area contributed by atoms with Crippen molar-refractivity contribution in [2.75, 3.05) is 32.7 Å². The van der Waals surface area contributed by atoms with Crippen LogP contribution in [0, 0.1) is 0 Å². The number of rotatable bonds is 8. The van der Waals surface area contributed by atoms with Crippen LogP contribution < -0.4 is 5.32 Å². The summed E-state index contributed by atoms with van der Waals surface area (Å²) in [4.78, 5) is 14.3. The molecule has 146 valence electrons. The molecular formula is C19H31N3O3S. The number of carbonyl (C=O) groups is 1. The van der Waals surface area contributed by atoms with Crippen LogP contribution in [0.3, 0.4) is 0 Å². The predicted molar refractivity (Wildman–Crippen MR) is 104 cm³/mol. The molecule has 1 aliphatic heterocycles. The van der Waals surface area contributed by atoms with E-state index in [0.717, 1.165) is 24.8 Å². The molecule has 1 atom stereocenters. The van der Waals surface area contributed by atoms with Crippen LogP contribution in [0.2, 0.25) is 0 Å². The van der Waals surface area contributed by atoms with Crippen LogP contribution in [0.15, 0.2) is 29.2 Å². The summed E-state index contributed by atoms with van der Waals surface area (Å²) in [6.07, 6.45) is 2.89. The molecule has 6 nitrogen and oxygen atoms in total. The Morgan fingerprint density at radius 3 is 2.27 bits per heavy atom. The van der Waals surface area contributed by atoms with E-state index in [0.29, 0.717) is 37.6 Å². The van der Waals surface area contributed by atoms with Gasteiger partial charge < -0.3 is 5.32 Å². The zero-order valence-corrected chi connectivity index (χ0v) is 16.9. The zero-order valence-electron chi connectivity index (χ0n) is 16.1. The minimum atomic E-state index is -3.46. The summed E-state index contributed by atoms with van der Waals surface area (Å²) >= 11 is 0. The molecule has 1 unspecified atom stereocenters. The smallest absolute Gasteiger partial charge is 0.243 e. The molecule has 1 heterocycles. The Morgan fingerprint density at radius 1 is 1.12 bits per heavy atom. The molecule has 0 radical (unpaired) electrons. The second-order valence-electron chi connectivity index (χ2n) is 6.95. The summed E-state index contributed by atoms with van der Waals surface area (Å²) in [6, 6.07) is 7.36. The van der Waals surface area contributed by atoms with Gasteiger partial charge in [-0.2, -0.15) is 4.31 Å². The van der Waals surface area contributed by atoms with E-state index in [4.69, 9.17) is 0 Å². The highest BCUT2D eigenvalue weighted by Gasteiger charge is 2.29. The van der Waals surface area contributed by atoms with Crippen molar-refractivity contribution < 1.29 is 13.2 Å².